The van der Waals surface area contributed by atoms with Gasteiger partial charge < -0.3 is 5.32 Å². The van der Waals surface area contributed by atoms with Crippen molar-refractivity contribution in [3.63, 3.8) is 0 Å². The van der Waals surface area contributed by atoms with Gasteiger partial charge in [0.15, 0.2) is 0 Å². The van der Waals surface area contributed by atoms with E-state index < -0.39 is 0 Å². The zero-order valence-corrected chi connectivity index (χ0v) is 14.6. The van der Waals surface area contributed by atoms with Crippen LogP contribution in [0.15, 0.2) is 24.3 Å². The highest BCUT2D eigenvalue weighted by Crippen LogP contribution is 2.28. The summed E-state index contributed by atoms with van der Waals surface area (Å²) in [7, 11) is 0. The highest BCUT2D eigenvalue weighted by Gasteiger charge is 2.17. The van der Waals surface area contributed by atoms with Gasteiger partial charge in [0.1, 0.15) is 0 Å². The Morgan fingerprint density at radius 1 is 1.15 bits per heavy atom. The van der Waals surface area contributed by atoms with Crippen molar-refractivity contribution >= 4 is 11.8 Å². The predicted molar refractivity (Wildman–Crippen MR) is 93.7 cm³/mol. The fourth-order valence-corrected chi connectivity index (χ4v) is 3.16. The van der Waals surface area contributed by atoms with Crippen LogP contribution in [-0.4, -0.2) is 17.0 Å². The first-order valence-electron chi connectivity index (χ1n) is 7.92. The standard InChI is InChI=1S/C18H31NS/c1-6-9-15-10-8-11-16(13-15)17(19-12-7-2)14-20-18(3,4)5/h8,10-11,13,17,19H,6-7,9,12,14H2,1-5H3. The molecule has 0 heterocycles. The van der Waals surface area contributed by atoms with Crippen LogP contribution in [0.3, 0.4) is 0 Å². The van der Waals surface area contributed by atoms with Crippen molar-refractivity contribution in [1.29, 1.82) is 0 Å². The third-order valence-electron chi connectivity index (χ3n) is 3.22. The summed E-state index contributed by atoms with van der Waals surface area (Å²) in [5.74, 6) is 1.14. The summed E-state index contributed by atoms with van der Waals surface area (Å²) in [4.78, 5) is 0. The number of benzene rings is 1. The number of hydrogen-bond donors (Lipinski definition) is 1. The molecule has 0 bridgehead atoms. The van der Waals surface area contributed by atoms with Crippen molar-refractivity contribution in [3.8, 4) is 0 Å². The first-order valence-corrected chi connectivity index (χ1v) is 8.91. The second-order valence-electron chi connectivity index (χ2n) is 6.43. The SMILES string of the molecule is CCCNC(CSC(C)(C)C)c1cccc(CCC)c1. The highest BCUT2D eigenvalue weighted by molar-refractivity contribution is 8.00. The van der Waals surface area contributed by atoms with Gasteiger partial charge in [0.25, 0.3) is 0 Å². The average molecular weight is 294 g/mol. The van der Waals surface area contributed by atoms with Crippen LogP contribution < -0.4 is 5.32 Å². The lowest BCUT2D eigenvalue weighted by Crippen LogP contribution is -2.26. The Morgan fingerprint density at radius 2 is 1.90 bits per heavy atom. The second kappa shape index (κ2) is 8.74. The zero-order chi connectivity index (χ0) is 15.0. The Bertz CT molecular complexity index is 381. The minimum atomic E-state index is 0.327. The van der Waals surface area contributed by atoms with E-state index in [9.17, 15) is 0 Å². The Morgan fingerprint density at radius 3 is 2.50 bits per heavy atom. The van der Waals surface area contributed by atoms with E-state index in [1.54, 1.807) is 0 Å². The third-order valence-corrected chi connectivity index (χ3v) is 4.58. The minimum Gasteiger partial charge on any atom is -0.309 e. The highest BCUT2D eigenvalue weighted by atomic mass is 32.2. The van der Waals surface area contributed by atoms with Crippen molar-refractivity contribution in [2.75, 3.05) is 12.3 Å². The van der Waals surface area contributed by atoms with Crippen LogP contribution in [0.5, 0.6) is 0 Å². The van der Waals surface area contributed by atoms with Crippen LogP contribution in [-0.2, 0) is 6.42 Å². The largest absolute Gasteiger partial charge is 0.309 e. The van der Waals surface area contributed by atoms with Crippen molar-refractivity contribution in [2.45, 2.75) is 64.7 Å². The molecule has 0 aliphatic carbocycles. The van der Waals surface area contributed by atoms with Crippen LogP contribution in [0, 0.1) is 0 Å². The molecule has 1 N–H and O–H groups in total. The van der Waals surface area contributed by atoms with Crippen LogP contribution in [0.25, 0.3) is 0 Å². The van der Waals surface area contributed by atoms with Gasteiger partial charge in [-0.05, 0) is 30.5 Å². The summed E-state index contributed by atoms with van der Waals surface area (Å²) < 4.78 is 0.327. The lowest BCUT2D eigenvalue weighted by atomic mass is 10.0. The second-order valence-corrected chi connectivity index (χ2v) is 8.27. The Balaban J connectivity index is 2.77. The van der Waals surface area contributed by atoms with E-state index in [1.807, 2.05) is 11.8 Å². The summed E-state index contributed by atoms with van der Waals surface area (Å²) in [6.07, 6.45) is 3.58. The molecule has 114 valence electrons. The quantitative estimate of drug-likeness (QED) is 0.706. The van der Waals surface area contributed by atoms with E-state index in [-0.39, 0.29) is 0 Å². The summed E-state index contributed by atoms with van der Waals surface area (Å²) in [5, 5.41) is 3.71. The number of thioether (sulfide) groups is 1. The van der Waals surface area contributed by atoms with Gasteiger partial charge >= 0.3 is 0 Å². The van der Waals surface area contributed by atoms with Crippen LogP contribution >= 0.6 is 11.8 Å². The van der Waals surface area contributed by atoms with E-state index in [2.05, 4.69) is 64.2 Å². The van der Waals surface area contributed by atoms with Crippen molar-refractivity contribution < 1.29 is 0 Å². The van der Waals surface area contributed by atoms with Crippen molar-refractivity contribution in [1.82, 2.24) is 5.32 Å². The van der Waals surface area contributed by atoms with E-state index >= 15 is 0 Å². The molecule has 1 unspecified atom stereocenters. The predicted octanol–water partition coefficient (Wildman–Crippen LogP) is 5.21. The number of rotatable bonds is 8. The Labute approximate surface area is 129 Å². The molecule has 0 saturated carbocycles. The minimum absolute atomic E-state index is 0.327. The Hall–Kier alpha value is -0.470. The molecule has 0 aliphatic heterocycles. The third kappa shape index (κ3) is 6.81. The van der Waals surface area contributed by atoms with Gasteiger partial charge in [0.05, 0.1) is 0 Å². The molecule has 0 amide bonds. The summed E-state index contributed by atoms with van der Waals surface area (Å²) >= 11 is 2.04. The number of nitrogens with one attached hydrogen (secondary N) is 1. The molecule has 20 heavy (non-hydrogen) atoms. The molecule has 1 atom stereocenters. The first-order chi connectivity index (χ1) is 9.46. The van der Waals surface area contributed by atoms with Gasteiger partial charge in [-0.1, -0.05) is 65.3 Å². The fraction of sp³-hybridized carbons (Fsp3) is 0.667. The number of aryl methyl sites for hydroxylation is 1. The molecule has 2 heteroatoms. The fourth-order valence-electron chi connectivity index (χ4n) is 2.18. The summed E-state index contributed by atoms with van der Waals surface area (Å²) in [6.45, 7) is 12.4. The van der Waals surface area contributed by atoms with E-state index in [4.69, 9.17) is 0 Å². The molecule has 1 nitrogen and oxygen atoms in total. The van der Waals surface area contributed by atoms with Crippen molar-refractivity contribution in [2.24, 2.45) is 0 Å². The van der Waals surface area contributed by atoms with Crippen LogP contribution in [0.1, 0.15) is 64.6 Å². The lowest BCUT2D eigenvalue weighted by Gasteiger charge is -2.24. The zero-order valence-electron chi connectivity index (χ0n) is 13.8. The van der Waals surface area contributed by atoms with Gasteiger partial charge in [-0.3, -0.25) is 0 Å². The monoisotopic (exact) mass is 293 g/mol. The summed E-state index contributed by atoms with van der Waals surface area (Å²) in [6, 6.07) is 9.59. The molecular weight excluding hydrogens is 262 g/mol. The molecule has 1 aromatic rings. The van der Waals surface area contributed by atoms with E-state index in [0.29, 0.717) is 10.8 Å². The van der Waals surface area contributed by atoms with Gasteiger partial charge in [-0.15, -0.1) is 0 Å². The molecule has 0 fully saturated rings. The van der Waals surface area contributed by atoms with E-state index in [0.717, 1.165) is 12.3 Å². The van der Waals surface area contributed by atoms with Gasteiger partial charge in [0.2, 0.25) is 0 Å². The molecule has 0 aliphatic rings. The normalized spacial score (nSPS) is 13.4. The summed E-state index contributed by atoms with van der Waals surface area (Å²) in [5.41, 5.74) is 2.91. The molecule has 0 radical (unpaired) electrons. The van der Waals surface area contributed by atoms with Gasteiger partial charge in [-0.2, -0.15) is 11.8 Å². The van der Waals surface area contributed by atoms with Gasteiger partial charge in [0, 0.05) is 16.5 Å². The maximum atomic E-state index is 3.71. The maximum Gasteiger partial charge on any atom is 0.0412 e. The lowest BCUT2D eigenvalue weighted by molar-refractivity contribution is 0.575. The van der Waals surface area contributed by atoms with E-state index in [1.165, 1.54) is 30.4 Å². The smallest absolute Gasteiger partial charge is 0.0412 e. The molecule has 0 saturated heterocycles. The molecule has 1 rings (SSSR count). The van der Waals surface area contributed by atoms with Crippen molar-refractivity contribution in [3.05, 3.63) is 35.4 Å². The Kier molecular flexibility index (Phi) is 7.68. The molecule has 1 aromatic carbocycles. The first kappa shape index (κ1) is 17.6. The van der Waals surface area contributed by atoms with Crippen LogP contribution in [0.2, 0.25) is 0 Å². The topological polar surface area (TPSA) is 12.0 Å². The van der Waals surface area contributed by atoms with Crippen LogP contribution in [0.4, 0.5) is 0 Å². The maximum absolute atomic E-state index is 3.71. The molecule has 0 spiro atoms. The van der Waals surface area contributed by atoms with Gasteiger partial charge in [-0.25, -0.2) is 0 Å². The molecule has 0 aromatic heterocycles. The number of hydrogen-bond acceptors (Lipinski definition) is 2. The molecular formula is C18H31NS. The average Bonchev–Trinajstić information content (AvgIpc) is 2.38.